The fourth-order valence-corrected chi connectivity index (χ4v) is 3.85. The van der Waals surface area contributed by atoms with Gasteiger partial charge in [-0.15, -0.1) is 0 Å². The standard InChI is InChI=1S/C21H27BrN4O2/c1-23-20(25-14-16-6-5-11-24-19(16)28-13-12-27-2)26-15-21(9-10-21)17-7-3-4-8-18(17)22/h3-8,11H,9-10,12-15H2,1-2H3,(H2,23,25,26). The van der Waals surface area contributed by atoms with E-state index >= 15 is 0 Å². The van der Waals surface area contributed by atoms with E-state index in [1.54, 1.807) is 20.4 Å². The lowest BCUT2D eigenvalue weighted by Gasteiger charge is -2.20. The van der Waals surface area contributed by atoms with Crippen LogP contribution in [0.25, 0.3) is 0 Å². The molecule has 0 saturated heterocycles. The largest absolute Gasteiger partial charge is 0.475 e. The van der Waals surface area contributed by atoms with Crippen LogP contribution in [0.2, 0.25) is 0 Å². The zero-order valence-corrected chi connectivity index (χ0v) is 18.0. The van der Waals surface area contributed by atoms with Crippen molar-refractivity contribution in [2.75, 3.05) is 33.9 Å². The second-order valence-corrected chi connectivity index (χ2v) is 7.70. The van der Waals surface area contributed by atoms with Crippen LogP contribution in [-0.2, 0) is 16.7 Å². The maximum atomic E-state index is 5.70. The number of halogens is 1. The molecule has 1 saturated carbocycles. The first kappa shape index (κ1) is 20.6. The summed E-state index contributed by atoms with van der Waals surface area (Å²) in [6.07, 6.45) is 4.09. The van der Waals surface area contributed by atoms with Crippen LogP contribution in [0.4, 0.5) is 0 Å². The molecule has 0 unspecified atom stereocenters. The molecule has 0 amide bonds. The third-order valence-corrected chi connectivity index (χ3v) is 5.63. The fourth-order valence-electron chi connectivity index (χ4n) is 3.15. The molecule has 1 aliphatic rings. The first-order chi connectivity index (χ1) is 13.7. The van der Waals surface area contributed by atoms with E-state index in [4.69, 9.17) is 9.47 Å². The monoisotopic (exact) mass is 446 g/mol. The van der Waals surface area contributed by atoms with Crippen molar-refractivity contribution in [2.24, 2.45) is 4.99 Å². The number of rotatable bonds is 9. The van der Waals surface area contributed by atoms with E-state index in [9.17, 15) is 0 Å². The second-order valence-electron chi connectivity index (χ2n) is 6.85. The number of hydrogen-bond acceptors (Lipinski definition) is 4. The molecule has 1 fully saturated rings. The minimum Gasteiger partial charge on any atom is -0.475 e. The van der Waals surface area contributed by atoms with Gasteiger partial charge in [0, 0.05) is 48.9 Å². The maximum absolute atomic E-state index is 5.70. The number of nitrogens with one attached hydrogen (secondary N) is 2. The molecule has 1 aromatic carbocycles. The Kier molecular flexibility index (Phi) is 7.28. The Balaban J connectivity index is 1.56. The predicted molar refractivity (Wildman–Crippen MR) is 115 cm³/mol. The highest BCUT2D eigenvalue weighted by molar-refractivity contribution is 9.10. The molecule has 0 aliphatic heterocycles. The average Bonchev–Trinajstić information content (AvgIpc) is 3.50. The van der Waals surface area contributed by atoms with E-state index in [0.717, 1.165) is 18.1 Å². The molecule has 2 N–H and O–H groups in total. The minimum atomic E-state index is 0.181. The van der Waals surface area contributed by atoms with Gasteiger partial charge in [0.2, 0.25) is 5.88 Å². The third kappa shape index (κ3) is 5.23. The summed E-state index contributed by atoms with van der Waals surface area (Å²) < 4.78 is 11.9. The summed E-state index contributed by atoms with van der Waals surface area (Å²) in [6.45, 7) is 2.43. The summed E-state index contributed by atoms with van der Waals surface area (Å²) in [5.41, 5.74) is 2.52. The van der Waals surface area contributed by atoms with Gasteiger partial charge in [-0.05, 0) is 30.5 Å². The Bertz CT molecular complexity index is 808. The molecular weight excluding hydrogens is 420 g/mol. The molecule has 28 heavy (non-hydrogen) atoms. The summed E-state index contributed by atoms with van der Waals surface area (Å²) in [6, 6.07) is 12.4. The van der Waals surface area contributed by atoms with Gasteiger partial charge in [-0.25, -0.2) is 4.98 Å². The molecule has 1 heterocycles. The van der Waals surface area contributed by atoms with E-state index < -0.39 is 0 Å². The molecule has 1 aliphatic carbocycles. The number of pyridine rings is 1. The number of ether oxygens (including phenoxy) is 2. The lowest BCUT2D eigenvalue weighted by atomic mass is 9.96. The van der Waals surface area contributed by atoms with Crippen LogP contribution in [0.5, 0.6) is 5.88 Å². The van der Waals surface area contributed by atoms with Crippen molar-refractivity contribution >= 4 is 21.9 Å². The predicted octanol–water partition coefficient (Wildman–Crippen LogP) is 3.27. The molecule has 2 aromatic rings. The van der Waals surface area contributed by atoms with Crippen molar-refractivity contribution in [3.63, 3.8) is 0 Å². The molecule has 1 aromatic heterocycles. The Morgan fingerprint density at radius 1 is 1.18 bits per heavy atom. The minimum absolute atomic E-state index is 0.181. The van der Waals surface area contributed by atoms with E-state index in [0.29, 0.717) is 25.6 Å². The van der Waals surface area contributed by atoms with Crippen molar-refractivity contribution in [3.05, 3.63) is 58.2 Å². The maximum Gasteiger partial charge on any atom is 0.218 e. The van der Waals surface area contributed by atoms with Crippen molar-refractivity contribution in [2.45, 2.75) is 24.8 Å². The van der Waals surface area contributed by atoms with Gasteiger partial charge in [-0.3, -0.25) is 4.99 Å². The van der Waals surface area contributed by atoms with Crippen LogP contribution >= 0.6 is 15.9 Å². The highest BCUT2D eigenvalue weighted by atomic mass is 79.9. The van der Waals surface area contributed by atoms with Crippen LogP contribution in [0.15, 0.2) is 52.1 Å². The number of guanidine groups is 1. The Hall–Kier alpha value is -2.12. The van der Waals surface area contributed by atoms with Gasteiger partial charge < -0.3 is 20.1 Å². The van der Waals surface area contributed by atoms with Gasteiger partial charge in [-0.2, -0.15) is 0 Å². The topological polar surface area (TPSA) is 67.8 Å². The van der Waals surface area contributed by atoms with Crippen molar-refractivity contribution in [1.82, 2.24) is 15.6 Å². The molecule has 0 atom stereocenters. The van der Waals surface area contributed by atoms with Gasteiger partial charge in [-0.1, -0.05) is 40.2 Å². The van der Waals surface area contributed by atoms with Gasteiger partial charge in [0.05, 0.1) is 6.61 Å². The molecule has 7 heteroatoms. The zero-order chi connectivity index (χ0) is 19.8. The highest BCUT2D eigenvalue weighted by Crippen LogP contribution is 2.49. The number of hydrogen-bond donors (Lipinski definition) is 2. The Labute approximate surface area is 174 Å². The van der Waals surface area contributed by atoms with Crippen LogP contribution in [0, 0.1) is 0 Å². The summed E-state index contributed by atoms with van der Waals surface area (Å²) >= 11 is 3.69. The lowest BCUT2D eigenvalue weighted by molar-refractivity contribution is 0.143. The molecule has 3 rings (SSSR count). The summed E-state index contributed by atoms with van der Waals surface area (Å²) in [7, 11) is 3.44. The molecule has 150 valence electrons. The summed E-state index contributed by atoms with van der Waals surface area (Å²) in [5.74, 6) is 1.39. The van der Waals surface area contributed by atoms with Gasteiger partial charge in [0.1, 0.15) is 6.61 Å². The SMILES string of the molecule is CN=C(NCc1cccnc1OCCOC)NCC1(c2ccccc2Br)CC1. The number of methoxy groups -OCH3 is 1. The molecule has 0 spiro atoms. The van der Waals surface area contributed by atoms with Crippen molar-refractivity contribution < 1.29 is 9.47 Å². The second kappa shape index (κ2) is 9.89. The summed E-state index contributed by atoms with van der Waals surface area (Å²) in [5, 5.41) is 6.84. The van der Waals surface area contributed by atoms with Crippen LogP contribution < -0.4 is 15.4 Å². The smallest absolute Gasteiger partial charge is 0.218 e. The third-order valence-electron chi connectivity index (χ3n) is 4.94. The molecule has 0 radical (unpaired) electrons. The van der Waals surface area contributed by atoms with Crippen LogP contribution in [0.1, 0.15) is 24.0 Å². The van der Waals surface area contributed by atoms with Gasteiger partial charge >= 0.3 is 0 Å². The number of benzene rings is 1. The normalized spacial score (nSPS) is 15.2. The van der Waals surface area contributed by atoms with Crippen LogP contribution in [0.3, 0.4) is 0 Å². The average molecular weight is 447 g/mol. The lowest BCUT2D eigenvalue weighted by Crippen LogP contribution is -2.41. The van der Waals surface area contributed by atoms with E-state index in [-0.39, 0.29) is 5.41 Å². The summed E-state index contributed by atoms with van der Waals surface area (Å²) in [4.78, 5) is 8.67. The van der Waals surface area contributed by atoms with Gasteiger partial charge in [0.15, 0.2) is 5.96 Å². The van der Waals surface area contributed by atoms with E-state index in [1.165, 1.54) is 22.9 Å². The van der Waals surface area contributed by atoms with Gasteiger partial charge in [0.25, 0.3) is 0 Å². The molecular formula is C21H27BrN4O2. The van der Waals surface area contributed by atoms with E-state index in [2.05, 4.69) is 60.8 Å². The van der Waals surface area contributed by atoms with Crippen molar-refractivity contribution in [3.8, 4) is 5.88 Å². The number of nitrogens with zero attached hydrogens (tertiary/aromatic N) is 2. The quantitative estimate of drug-likeness (QED) is 0.351. The molecule has 6 nitrogen and oxygen atoms in total. The number of aliphatic imine (C=N–C) groups is 1. The zero-order valence-electron chi connectivity index (χ0n) is 16.4. The Morgan fingerprint density at radius 2 is 2.00 bits per heavy atom. The first-order valence-electron chi connectivity index (χ1n) is 9.44. The highest BCUT2D eigenvalue weighted by Gasteiger charge is 2.45. The Morgan fingerprint density at radius 3 is 2.71 bits per heavy atom. The first-order valence-corrected chi connectivity index (χ1v) is 10.2. The number of aromatic nitrogens is 1. The van der Waals surface area contributed by atoms with Crippen LogP contribution in [-0.4, -0.2) is 44.9 Å². The van der Waals surface area contributed by atoms with E-state index in [1.807, 2.05) is 12.1 Å². The molecule has 0 bridgehead atoms. The fraction of sp³-hybridized carbons (Fsp3) is 0.429. The van der Waals surface area contributed by atoms with Crippen molar-refractivity contribution in [1.29, 1.82) is 0 Å².